The number of likely N-dealkylation sites (N-methyl/N-ethyl adjacent to an activating group) is 1. The van der Waals surface area contributed by atoms with Gasteiger partial charge in [-0.3, -0.25) is 9.69 Å². The summed E-state index contributed by atoms with van der Waals surface area (Å²) in [5.74, 6) is 0.710. The van der Waals surface area contributed by atoms with Gasteiger partial charge in [0.05, 0.1) is 19.4 Å². The first-order valence-electron chi connectivity index (χ1n) is 6.08. The third-order valence-electron chi connectivity index (χ3n) is 2.64. The third-order valence-corrected chi connectivity index (χ3v) is 2.64. The zero-order chi connectivity index (χ0) is 12.7. The maximum Gasteiger partial charge on any atom is 0.323 e. The normalized spacial score (nSPS) is 12.7. The average Bonchev–Trinajstić information content (AvgIpc) is 2.78. The maximum absolute atomic E-state index is 11.8. The highest BCUT2D eigenvalue weighted by Gasteiger charge is 2.24. The van der Waals surface area contributed by atoms with Crippen molar-refractivity contribution in [1.82, 2.24) is 4.90 Å². The van der Waals surface area contributed by atoms with Crippen molar-refractivity contribution in [2.24, 2.45) is 0 Å². The van der Waals surface area contributed by atoms with E-state index in [0.717, 1.165) is 18.6 Å². The van der Waals surface area contributed by atoms with Gasteiger partial charge in [0, 0.05) is 0 Å². The van der Waals surface area contributed by atoms with Crippen LogP contribution in [0.15, 0.2) is 22.8 Å². The number of hydrogen-bond donors (Lipinski definition) is 0. The Labute approximate surface area is 103 Å². The number of carbonyl (C=O) groups is 1. The third kappa shape index (κ3) is 4.23. The molecule has 1 aromatic rings. The SMILES string of the molecule is CCCC(C(=O)OCC)N(C)Cc1ccco1. The molecule has 4 heteroatoms. The second-order valence-electron chi connectivity index (χ2n) is 4.05. The highest BCUT2D eigenvalue weighted by molar-refractivity contribution is 5.75. The van der Waals surface area contributed by atoms with Gasteiger partial charge in [-0.25, -0.2) is 0 Å². The van der Waals surface area contributed by atoms with Gasteiger partial charge in [0.2, 0.25) is 0 Å². The molecular formula is C13H21NO3. The summed E-state index contributed by atoms with van der Waals surface area (Å²) in [6.07, 6.45) is 3.39. The maximum atomic E-state index is 11.8. The number of furan rings is 1. The lowest BCUT2D eigenvalue weighted by molar-refractivity contribution is -0.149. The zero-order valence-electron chi connectivity index (χ0n) is 10.8. The average molecular weight is 239 g/mol. The molecule has 0 aliphatic rings. The quantitative estimate of drug-likeness (QED) is 0.685. The van der Waals surface area contributed by atoms with Gasteiger partial charge in [-0.05, 0) is 32.5 Å². The Kier molecular flexibility index (Phi) is 5.77. The number of ether oxygens (including phenoxy) is 1. The predicted molar refractivity (Wildman–Crippen MR) is 65.5 cm³/mol. The van der Waals surface area contributed by atoms with Gasteiger partial charge in [0.1, 0.15) is 11.8 Å². The Morgan fingerprint density at radius 2 is 2.29 bits per heavy atom. The van der Waals surface area contributed by atoms with Crippen molar-refractivity contribution in [3.05, 3.63) is 24.2 Å². The van der Waals surface area contributed by atoms with E-state index in [-0.39, 0.29) is 12.0 Å². The molecule has 0 spiro atoms. The van der Waals surface area contributed by atoms with Crippen molar-refractivity contribution < 1.29 is 13.9 Å². The zero-order valence-corrected chi connectivity index (χ0v) is 10.8. The molecule has 0 N–H and O–H groups in total. The van der Waals surface area contributed by atoms with E-state index >= 15 is 0 Å². The monoisotopic (exact) mass is 239 g/mol. The van der Waals surface area contributed by atoms with E-state index < -0.39 is 0 Å². The van der Waals surface area contributed by atoms with Gasteiger partial charge >= 0.3 is 5.97 Å². The summed E-state index contributed by atoms with van der Waals surface area (Å²) in [4.78, 5) is 13.8. The molecule has 0 bridgehead atoms. The van der Waals surface area contributed by atoms with Gasteiger partial charge in [0.15, 0.2) is 0 Å². The smallest absolute Gasteiger partial charge is 0.323 e. The van der Waals surface area contributed by atoms with Crippen molar-refractivity contribution in [1.29, 1.82) is 0 Å². The lowest BCUT2D eigenvalue weighted by Crippen LogP contribution is -2.39. The molecule has 4 nitrogen and oxygen atoms in total. The van der Waals surface area contributed by atoms with Crippen molar-refractivity contribution in [3.63, 3.8) is 0 Å². The largest absolute Gasteiger partial charge is 0.468 e. The van der Waals surface area contributed by atoms with Crippen LogP contribution in [-0.4, -0.2) is 30.6 Å². The highest BCUT2D eigenvalue weighted by Crippen LogP contribution is 2.12. The fraction of sp³-hybridized carbons (Fsp3) is 0.615. The number of nitrogens with zero attached hydrogens (tertiary/aromatic N) is 1. The van der Waals surface area contributed by atoms with E-state index in [2.05, 4.69) is 6.92 Å². The summed E-state index contributed by atoms with van der Waals surface area (Å²) in [5, 5.41) is 0. The van der Waals surface area contributed by atoms with Crippen LogP contribution in [0.4, 0.5) is 0 Å². The topological polar surface area (TPSA) is 42.7 Å². The summed E-state index contributed by atoms with van der Waals surface area (Å²) >= 11 is 0. The van der Waals surface area contributed by atoms with Crippen molar-refractivity contribution in [2.75, 3.05) is 13.7 Å². The minimum Gasteiger partial charge on any atom is -0.468 e. The first-order valence-corrected chi connectivity index (χ1v) is 6.08. The van der Waals surface area contributed by atoms with Crippen LogP contribution in [0.3, 0.4) is 0 Å². The van der Waals surface area contributed by atoms with E-state index in [0.29, 0.717) is 13.2 Å². The molecule has 1 aromatic heterocycles. The second kappa shape index (κ2) is 7.12. The lowest BCUT2D eigenvalue weighted by Gasteiger charge is -2.25. The molecule has 1 heterocycles. The minimum absolute atomic E-state index is 0.150. The summed E-state index contributed by atoms with van der Waals surface area (Å²) < 4.78 is 10.4. The number of esters is 1. The number of carbonyl (C=O) groups excluding carboxylic acids is 1. The fourth-order valence-electron chi connectivity index (χ4n) is 1.79. The number of hydrogen-bond acceptors (Lipinski definition) is 4. The molecule has 0 saturated carbocycles. The molecule has 0 fully saturated rings. The number of rotatable bonds is 7. The van der Waals surface area contributed by atoms with Gasteiger partial charge in [-0.15, -0.1) is 0 Å². The van der Waals surface area contributed by atoms with Crippen LogP contribution in [0.1, 0.15) is 32.4 Å². The Bertz CT molecular complexity index is 321. The summed E-state index contributed by atoms with van der Waals surface area (Å²) in [7, 11) is 1.92. The molecule has 0 aromatic carbocycles. The fourth-order valence-corrected chi connectivity index (χ4v) is 1.79. The van der Waals surface area contributed by atoms with E-state index in [1.165, 1.54) is 0 Å². The Morgan fingerprint density at radius 1 is 1.53 bits per heavy atom. The van der Waals surface area contributed by atoms with E-state index in [1.54, 1.807) is 6.26 Å². The molecule has 0 aliphatic carbocycles. The van der Waals surface area contributed by atoms with Crippen LogP contribution in [0.5, 0.6) is 0 Å². The van der Waals surface area contributed by atoms with Crippen LogP contribution in [0, 0.1) is 0 Å². The minimum atomic E-state index is -0.190. The first-order chi connectivity index (χ1) is 8.19. The predicted octanol–water partition coefficient (Wildman–Crippen LogP) is 2.44. The highest BCUT2D eigenvalue weighted by atomic mass is 16.5. The molecule has 0 saturated heterocycles. The van der Waals surface area contributed by atoms with E-state index in [4.69, 9.17) is 9.15 Å². The van der Waals surface area contributed by atoms with Crippen LogP contribution >= 0.6 is 0 Å². The first kappa shape index (κ1) is 13.8. The summed E-state index contributed by atoms with van der Waals surface area (Å²) in [6, 6.07) is 3.57. The molecular weight excluding hydrogens is 218 g/mol. The second-order valence-corrected chi connectivity index (χ2v) is 4.05. The standard InChI is InChI=1S/C13H21NO3/c1-4-7-12(13(15)16-5-2)14(3)10-11-8-6-9-17-11/h6,8-9,12H,4-5,7,10H2,1-3H3. The van der Waals surface area contributed by atoms with Crippen molar-refractivity contribution >= 4 is 5.97 Å². The Hall–Kier alpha value is -1.29. The molecule has 1 rings (SSSR count). The van der Waals surface area contributed by atoms with E-state index in [1.807, 2.05) is 31.0 Å². The molecule has 0 radical (unpaired) electrons. The molecule has 96 valence electrons. The molecule has 0 aliphatic heterocycles. The summed E-state index contributed by atoms with van der Waals surface area (Å²) in [6.45, 7) is 4.94. The Morgan fingerprint density at radius 3 is 2.82 bits per heavy atom. The van der Waals surface area contributed by atoms with E-state index in [9.17, 15) is 4.79 Å². The summed E-state index contributed by atoms with van der Waals surface area (Å²) in [5.41, 5.74) is 0. The molecule has 17 heavy (non-hydrogen) atoms. The van der Waals surface area contributed by atoms with Gasteiger partial charge in [-0.2, -0.15) is 0 Å². The van der Waals surface area contributed by atoms with Gasteiger partial charge < -0.3 is 9.15 Å². The van der Waals surface area contributed by atoms with Crippen molar-refractivity contribution in [2.45, 2.75) is 39.3 Å². The van der Waals surface area contributed by atoms with Gasteiger partial charge in [0.25, 0.3) is 0 Å². The lowest BCUT2D eigenvalue weighted by atomic mass is 10.1. The van der Waals surface area contributed by atoms with Crippen LogP contribution in [0.2, 0.25) is 0 Å². The van der Waals surface area contributed by atoms with Crippen LogP contribution < -0.4 is 0 Å². The van der Waals surface area contributed by atoms with Crippen LogP contribution in [0.25, 0.3) is 0 Å². The molecule has 0 amide bonds. The van der Waals surface area contributed by atoms with Crippen LogP contribution in [-0.2, 0) is 16.1 Å². The Balaban J connectivity index is 2.59. The van der Waals surface area contributed by atoms with Gasteiger partial charge in [-0.1, -0.05) is 13.3 Å². The van der Waals surface area contributed by atoms with Crippen molar-refractivity contribution in [3.8, 4) is 0 Å². The molecule has 1 atom stereocenters. The molecule has 1 unspecified atom stereocenters.